The number of anilines is 1. The normalized spacial score (nSPS) is 10.7. The molecule has 30 heavy (non-hydrogen) atoms. The fraction of sp³-hybridized carbons (Fsp3) is 0.182. The van der Waals surface area contributed by atoms with E-state index in [9.17, 15) is 9.59 Å². The molecule has 0 spiro atoms. The highest BCUT2D eigenvalue weighted by Crippen LogP contribution is 2.40. The van der Waals surface area contributed by atoms with Crippen LogP contribution in [0.2, 0.25) is 10.0 Å². The number of rotatable bonds is 7. The smallest absolute Gasteiger partial charge is 0.341 e. The van der Waals surface area contributed by atoms with Gasteiger partial charge in [0.05, 0.1) is 12.4 Å². The van der Waals surface area contributed by atoms with Gasteiger partial charge in [-0.25, -0.2) is 4.79 Å². The number of hydrogen-bond donors (Lipinski definition) is 1. The van der Waals surface area contributed by atoms with E-state index in [0.717, 1.165) is 20.9 Å². The average Bonchev–Trinajstić information content (AvgIpc) is 3.04. The molecule has 0 saturated heterocycles. The Morgan fingerprint density at radius 1 is 1.03 bits per heavy atom. The zero-order chi connectivity index (χ0) is 21.7. The second-order valence-corrected chi connectivity index (χ2v) is 9.40. The highest BCUT2D eigenvalue weighted by atomic mass is 35.5. The quantitative estimate of drug-likeness (QED) is 0.294. The molecule has 156 valence electrons. The van der Waals surface area contributed by atoms with Crippen molar-refractivity contribution in [2.24, 2.45) is 0 Å². The number of carbonyl (C=O) groups is 2. The summed E-state index contributed by atoms with van der Waals surface area (Å²) in [6.45, 7) is 3.91. The SMILES string of the molecule is CCOC(=O)c1c(NC(=O)CSc2ccc(Cl)cc2)sc(C)c1-c1ccc(Cl)cc1. The largest absolute Gasteiger partial charge is 0.462 e. The zero-order valence-electron chi connectivity index (χ0n) is 16.3. The van der Waals surface area contributed by atoms with Gasteiger partial charge in [-0.1, -0.05) is 35.3 Å². The number of esters is 1. The van der Waals surface area contributed by atoms with Crippen LogP contribution in [0.15, 0.2) is 53.4 Å². The fourth-order valence-corrected chi connectivity index (χ4v) is 4.87. The standard InChI is InChI=1S/C22H19Cl2NO3S2/c1-3-28-22(27)20-19(14-4-6-15(23)7-5-14)13(2)30-21(20)25-18(26)12-29-17-10-8-16(24)9-11-17/h4-11H,3,12H2,1-2H3,(H,25,26). The van der Waals surface area contributed by atoms with Crippen molar-refractivity contribution in [1.82, 2.24) is 0 Å². The summed E-state index contributed by atoms with van der Waals surface area (Å²) in [5.74, 6) is -0.464. The monoisotopic (exact) mass is 479 g/mol. The van der Waals surface area contributed by atoms with Crippen molar-refractivity contribution >= 4 is 63.2 Å². The Bertz CT molecular complexity index is 1050. The molecule has 3 aromatic rings. The molecular formula is C22H19Cl2NO3S2. The number of amides is 1. The van der Waals surface area contributed by atoms with Crippen molar-refractivity contribution in [2.75, 3.05) is 17.7 Å². The summed E-state index contributed by atoms with van der Waals surface area (Å²) in [5, 5.41) is 4.62. The average molecular weight is 480 g/mol. The summed E-state index contributed by atoms with van der Waals surface area (Å²) in [6, 6.07) is 14.5. The molecule has 0 aliphatic carbocycles. The summed E-state index contributed by atoms with van der Waals surface area (Å²) in [6.07, 6.45) is 0. The Morgan fingerprint density at radius 3 is 2.23 bits per heavy atom. The van der Waals surface area contributed by atoms with E-state index < -0.39 is 5.97 Å². The molecule has 0 aliphatic rings. The molecule has 0 radical (unpaired) electrons. The first-order chi connectivity index (χ1) is 14.4. The molecular weight excluding hydrogens is 461 g/mol. The van der Waals surface area contributed by atoms with Gasteiger partial charge in [-0.15, -0.1) is 23.1 Å². The van der Waals surface area contributed by atoms with Gasteiger partial charge in [0.1, 0.15) is 10.6 Å². The number of ether oxygens (including phenoxy) is 1. The molecule has 0 saturated carbocycles. The van der Waals surface area contributed by atoms with Crippen LogP contribution >= 0.6 is 46.3 Å². The lowest BCUT2D eigenvalue weighted by atomic mass is 10.0. The van der Waals surface area contributed by atoms with E-state index in [1.165, 1.54) is 23.1 Å². The Morgan fingerprint density at radius 2 is 1.63 bits per heavy atom. The lowest BCUT2D eigenvalue weighted by molar-refractivity contribution is -0.113. The third-order valence-corrected chi connectivity index (χ3v) is 6.67. The van der Waals surface area contributed by atoms with Crippen LogP contribution in [-0.2, 0) is 9.53 Å². The highest BCUT2D eigenvalue weighted by Gasteiger charge is 2.25. The summed E-state index contributed by atoms with van der Waals surface area (Å²) < 4.78 is 5.26. The first kappa shape index (κ1) is 22.7. The van der Waals surface area contributed by atoms with E-state index in [-0.39, 0.29) is 18.3 Å². The molecule has 1 N–H and O–H groups in total. The van der Waals surface area contributed by atoms with Gasteiger partial charge in [-0.2, -0.15) is 0 Å². The van der Waals surface area contributed by atoms with Gasteiger partial charge in [0.25, 0.3) is 0 Å². The van der Waals surface area contributed by atoms with Crippen LogP contribution < -0.4 is 5.32 Å². The molecule has 0 bridgehead atoms. The molecule has 2 aromatic carbocycles. The van der Waals surface area contributed by atoms with Gasteiger partial charge in [0.2, 0.25) is 5.91 Å². The van der Waals surface area contributed by atoms with Crippen LogP contribution in [0, 0.1) is 6.92 Å². The molecule has 1 amide bonds. The van der Waals surface area contributed by atoms with Crippen molar-refractivity contribution in [3.63, 3.8) is 0 Å². The van der Waals surface area contributed by atoms with Crippen molar-refractivity contribution in [1.29, 1.82) is 0 Å². The lowest BCUT2D eigenvalue weighted by Gasteiger charge is -2.09. The zero-order valence-corrected chi connectivity index (χ0v) is 19.5. The predicted octanol–water partition coefficient (Wildman–Crippen LogP) is 6.94. The number of benzene rings is 2. The molecule has 0 aliphatic heterocycles. The van der Waals surface area contributed by atoms with Crippen molar-refractivity contribution in [3.05, 3.63) is 69.0 Å². The summed E-state index contributed by atoms with van der Waals surface area (Å²) >= 11 is 14.6. The van der Waals surface area contributed by atoms with Crippen LogP contribution in [0.5, 0.6) is 0 Å². The van der Waals surface area contributed by atoms with Gasteiger partial charge in [-0.05, 0) is 55.8 Å². The number of thiophene rings is 1. The Labute approximate surface area is 193 Å². The van der Waals surface area contributed by atoms with E-state index in [1.807, 2.05) is 31.2 Å². The summed E-state index contributed by atoms with van der Waals surface area (Å²) in [5.41, 5.74) is 1.95. The number of aryl methyl sites for hydroxylation is 1. The lowest BCUT2D eigenvalue weighted by Crippen LogP contribution is -2.16. The van der Waals surface area contributed by atoms with E-state index in [4.69, 9.17) is 27.9 Å². The maximum Gasteiger partial charge on any atom is 0.341 e. The van der Waals surface area contributed by atoms with E-state index in [2.05, 4.69) is 5.32 Å². The molecule has 0 fully saturated rings. The third-order valence-electron chi connectivity index (χ3n) is 4.13. The number of carbonyl (C=O) groups excluding carboxylic acids is 2. The molecule has 0 atom stereocenters. The predicted molar refractivity (Wildman–Crippen MR) is 126 cm³/mol. The number of halogens is 2. The van der Waals surface area contributed by atoms with Gasteiger partial charge >= 0.3 is 5.97 Å². The van der Waals surface area contributed by atoms with E-state index in [0.29, 0.717) is 20.6 Å². The number of hydrogen-bond acceptors (Lipinski definition) is 5. The van der Waals surface area contributed by atoms with Crippen molar-refractivity contribution < 1.29 is 14.3 Å². The van der Waals surface area contributed by atoms with Gasteiger partial charge < -0.3 is 10.1 Å². The van der Waals surface area contributed by atoms with Gasteiger partial charge in [0, 0.05) is 25.4 Å². The first-order valence-corrected chi connectivity index (χ1v) is 11.7. The van der Waals surface area contributed by atoms with Crippen LogP contribution in [-0.4, -0.2) is 24.2 Å². The highest BCUT2D eigenvalue weighted by molar-refractivity contribution is 8.00. The topological polar surface area (TPSA) is 55.4 Å². The molecule has 0 unspecified atom stereocenters. The molecule has 1 aromatic heterocycles. The minimum Gasteiger partial charge on any atom is -0.462 e. The van der Waals surface area contributed by atoms with E-state index in [1.54, 1.807) is 31.2 Å². The molecule has 8 heteroatoms. The Hall–Kier alpha value is -1.99. The van der Waals surface area contributed by atoms with E-state index >= 15 is 0 Å². The number of thioether (sulfide) groups is 1. The fourth-order valence-electron chi connectivity index (χ4n) is 2.84. The minimum absolute atomic E-state index is 0.204. The van der Waals surface area contributed by atoms with Crippen LogP contribution in [0.25, 0.3) is 11.1 Å². The molecule has 3 rings (SSSR count). The first-order valence-electron chi connectivity index (χ1n) is 9.13. The molecule has 1 heterocycles. The summed E-state index contributed by atoms with van der Waals surface area (Å²) in [4.78, 5) is 27.1. The minimum atomic E-state index is -0.465. The van der Waals surface area contributed by atoms with Gasteiger partial charge in [0.15, 0.2) is 0 Å². The maximum absolute atomic E-state index is 12.7. The van der Waals surface area contributed by atoms with Crippen LogP contribution in [0.4, 0.5) is 5.00 Å². The molecule has 4 nitrogen and oxygen atoms in total. The maximum atomic E-state index is 12.7. The third kappa shape index (κ3) is 5.58. The van der Waals surface area contributed by atoms with Gasteiger partial charge in [-0.3, -0.25) is 4.79 Å². The number of nitrogens with one attached hydrogen (secondary N) is 1. The summed E-state index contributed by atoms with van der Waals surface area (Å²) in [7, 11) is 0. The van der Waals surface area contributed by atoms with Crippen LogP contribution in [0.1, 0.15) is 22.2 Å². The van der Waals surface area contributed by atoms with Crippen LogP contribution in [0.3, 0.4) is 0 Å². The Balaban J connectivity index is 1.85. The second-order valence-electron chi connectivity index (χ2n) is 6.26. The van der Waals surface area contributed by atoms with Crippen molar-refractivity contribution in [2.45, 2.75) is 18.7 Å². The van der Waals surface area contributed by atoms with Crippen molar-refractivity contribution in [3.8, 4) is 11.1 Å². The Kier molecular flexibility index (Phi) is 7.83. The second kappa shape index (κ2) is 10.4.